The van der Waals surface area contributed by atoms with Crippen molar-refractivity contribution in [1.82, 2.24) is 5.32 Å². The summed E-state index contributed by atoms with van der Waals surface area (Å²) in [5.74, 6) is -2.71. The number of esters is 1. The summed E-state index contributed by atoms with van der Waals surface area (Å²) in [6, 6.07) is 17.4. The molecule has 1 aliphatic rings. The zero-order valence-corrected chi connectivity index (χ0v) is 21.1. The lowest BCUT2D eigenvalue weighted by atomic mass is 9.96. The van der Waals surface area contributed by atoms with Crippen molar-refractivity contribution in [2.45, 2.75) is 68.6 Å². The Morgan fingerprint density at radius 2 is 1.64 bits per heavy atom. The van der Waals surface area contributed by atoms with Gasteiger partial charge in [0.2, 0.25) is 0 Å². The molecule has 0 unspecified atom stereocenters. The number of hydrogen-bond donors (Lipinski definition) is 1. The van der Waals surface area contributed by atoms with Crippen LogP contribution >= 0.6 is 11.8 Å². The number of thioether (sulfide) groups is 1. The first-order valence-electron chi connectivity index (χ1n) is 11.5. The molecular formula is C26H30F3NO5S. The molecule has 0 aromatic heterocycles. The highest BCUT2D eigenvalue weighted by Gasteiger charge is 2.47. The molecule has 3 rings (SSSR count). The van der Waals surface area contributed by atoms with Crippen LogP contribution in [-0.4, -0.2) is 48.3 Å². The van der Waals surface area contributed by atoms with Gasteiger partial charge in [-0.15, -0.1) is 0 Å². The molecule has 1 heterocycles. The third-order valence-electron chi connectivity index (χ3n) is 5.35. The maximum absolute atomic E-state index is 13.1. The Kier molecular flexibility index (Phi) is 9.43. The number of amides is 1. The van der Waals surface area contributed by atoms with Crippen LogP contribution in [-0.2, 0) is 30.4 Å². The minimum absolute atomic E-state index is 0.0233. The Bertz CT molecular complexity index is 998. The molecule has 1 aliphatic heterocycles. The SMILES string of the molecule is CC(C)(C)C(=O)O[C@@H]1[C@@H](NC(=O)C(F)(F)F)C[C@@H](COCc2ccccc2)O[C@H]1Sc1ccccc1. The highest BCUT2D eigenvalue weighted by Crippen LogP contribution is 2.36. The Balaban J connectivity index is 1.83. The van der Waals surface area contributed by atoms with Crippen LogP contribution < -0.4 is 5.32 Å². The van der Waals surface area contributed by atoms with Crippen molar-refractivity contribution >= 4 is 23.6 Å². The highest BCUT2D eigenvalue weighted by atomic mass is 32.2. The minimum Gasteiger partial charge on any atom is -0.456 e. The molecule has 1 fully saturated rings. The lowest BCUT2D eigenvalue weighted by Gasteiger charge is -2.42. The summed E-state index contributed by atoms with van der Waals surface area (Å²) in [5, 5.41) is 2.03. The molecular weight excluding hydrogens is 495 g/mol. The van der Waals surface area contributed by atoms with Gasteiger partial charge in [-0.2, -0.15) is 13.2 Å². The highest BCUT2D eigenvalue weighted by molar-refractivity contribution is 7.99. The second-order valence-corrected chi connectivity index (χ2v) is 10.7. The Morgan fingerprint density at radius 1 is 1.03 bits per heavy atom. The van der Waals surface area contributed by atoms with Crippen LogP contribution in [0, 0.1) is 5.41 Å². The van der Waals surface area contributed by atoms with E-state index in [2.05, 4.69) is 0 Å². The minimum atomic E-state index is -5.09. The van der Waals surface area contributed by atoms with Gasteiger partial charge in [0.05, 0.1) is 30.8 Å². The number of hydrogen-bond acceptors (Lipinski definition) is 6. The van der Waals surface area contributed by atoms with Gasteiger partial charge in [-0.3, -0.25) is 9.59 Å². The number of ether oxygens (including phenoxy) is 3. The van der Waals surface area contributed by atoms with E-state index in [1.165, 1.54) is 11.8 Å². The van der Waals surface area contributed by atoms with Gasteiger partial charge in [-0.1, -0.05) is 60.3 Å². The van der Waals surface area contributed by atoms with E-state index in [9.17, 15) is 22.8 Å². The van der Waals surface area contributed by atoms with Crippen LogP contribution in [0.15, 0.2) is 65.6 Å². The van der Waals surface area contributed by atoms with Gasteiger partial charge < -0.3 is 19.5 Å². The molecule has 2 aromatic carbocycles. The van der Waals surface area contributed by atoms with E-state index < -0.39 is 47.2 Å². The molecule has 1 saturated heterocycles. The lowest BCUT2D eigenvalue weighted by Crippen LogP contribution is -2.59. The largest absolute Gasteiger partial charge is 0.471 e. The van der Waals surface area contributed by atoms with Crippen LogP contribution in [0.1, 0.15) is 32.8 Å². The molecule has 0 saturated carbocycles. The monoisotopic (exact) mass is 525 g/mol. The lowest BCUT2D eigenvalue weighted by molar-refractivity contribution is -0.187. The van der Waals surface area contributed by atoms with Crippen LogP contribution in [0.2, 0.25) is 0 Å². The fourth-order valence-electron chi connectivity index (χ4n) is 3.48. The van der Waals surface area contributed by atoms with Gasteiger partial charge in [0.15, 0.2) is 6.10 Å². The van der Waals surface area contributed by atoms with Crippen molar-refractivity contribution in [3.05, 3.63) is 66.2 Å². The van der Waals surface area contributed by atoms with E-state index >= 15 is 0 Å². The molecule has 4 atom stereocenters. The molecule has 1 amide bonds. The summed E-state index contributed by atoms with van der Waals surface area (Å²) in [7, 11) is 0. The summed E-state index contributed by atoms with van der Waals surface area (Å²) in [5.41, 5.74) is -0.852. The predicted octanol–water partition coefficient (Wildman–Crippen LogP) is 5.12. The molecule has 0 aliphatic carbocycles. The van der Waals surface area contributed by atoms with Gasteiger partial charge >= 0.3 is 18.1 Å². The number of carbonyl (C=O) groups is 2. The van der Waals surface area contributed by atoms with E-state index in [-0.39, 0.29) is 13.0 Å². The van der Waals surface area contributed by atoms with Crippen molar-refractivity contribution in [3.8, 4) is 0 Å². The quantitative estimate of drug-likeness (QED) is 0.483. The molecule has 0 spiro atoms. The number of halogens is 3. The first-order valence-corrected chi connectivity index (χ1v) is 12.4. The second kappa shape index (κ2) is 12.1. The molecule has 196 valence electrons. The van der Waals surface area contributed by atoms with Crippen molar-refractivity contribution in [2.24, 2.45) is 5.41 Å². The molecule has 36 heavy (non-hydrogen) atoms. The molecule has 0 bridgehead atoms. The first-order chi connectivity index (χ1) is 16.9. The van der Waals surface area contributed by atoms with Crippen LogP contribution in [0.3, 0.4) is 0 Å². The van der Waals surface area contributed by atoms with Gasteiger partial charge in [0.1, 0.15) is 5.44 Å². The van der Waals surface area contributed by atoms with Crippen molar-refractivity contribution in [1.29, 1.82) is 0 Å². The fraction of sp³-hybridized carbons (Fsp3) is 0.462. The number of carbonyl (C=O) groups excluding carboxylic acids is 2. The summed E-state index contributed by atoms with van der Waals surface area (Å²) in [6.07, 6.45) is -6.90. The number of rotatable bonds is 8. The van der Waals surface area contributed by atoms with E-state index in [1.54, 1.807) is 20.8 Å². The van der Waals surface area contributed by atoms with Crippen molar-refractivity contribution in [2.75, 3.05) is 6.61 Å². The molecule has 2 aromatic rings. The van der Waals surface area contributed by atoms with E-state index in [0.717, 1.165) is 10.5 Å². The molecule has 1 N–H and O–H groups in total. The maximum atomic E-state index is 13.1. The van der Waals surface area contributed by atoms with Crippen LogP contribution in [0.25, 0.3) is 0 Å². The molecule has 0 radical (unpaired) electrons. The first kappa shape index (κ1) is 28.0. The number of alkyl halides is 3. The average molecular weight is 526 g/mol. The van der Waals surface area contributed by atoms with E-state index in [0.29, 0.717) is 6.61 Å². The summed E-state index contributed by atoms with van der Waals surface area (Å²) in [4.78, 5) is 25.4. The van der Waals surface area contributed by atoms with E-state index in [1.807, 2.05) is 66.0 Å². The standard InChI is InChI=1S/C26H30F3NO5S/c1-25(2,3)24(32)35-21-20(30-23(31)26(27,28)29)14-18(16-33-15-17-10-6-4-7-11-17)34-22(21)36-19-12-8-5-9-13-19/h4-13,18,20-22H,14-16H2,1-3H3,(H,30,31)/t18-,20-,21+,22-/m0/s1. The second-order valence-electron chi connectivity index (χ2n) is 9.49. The Labute approximate surface area is 212 Å². The van der Waals surface area contributed by atoms with Crippen LogP contribution in [0.4, 0.5) is 13.2 Å². The van der Waals surface area contributed by atoms with Crippen LogP contribution in [0.5, 0.6) is 0 Å². The zero-order chi connectivity index (χ0) is 26.3. The van der Waals surface area contributed by atoms with Gasteiger partial charge in [-0.25, -0.2) is 0 Å². The summed E-state index contributed by atoms with van der Waals surface area (Å²) < 4.78 is 57.0. The third kappa shape index (κ3) is 8.25. The maximum Gasteiger partial charge on any atom is 0.471 e. The summed E-state index contributed by atoms with van der Waals surface area (Å²) >= 11 is 1.21. The molecule has 10 heteroatoms. The third-order valence-corrected chi connectivity index (χ3v) is 6.50. The smallest absolute Gasteiger partial charge is 0.456 e. The normalized spacial score (nSPS) is 22.6. The van der Waals surface area contributed by atoms with Crippen molar-refractivity contribution in [3.63, 3.8) is 0 Å². The Hall–Kier alpha value is -2.56. The number of nitrogens with one attached hydrogen (secondary N) is 1. The average Bonchev–Trinajstić information content (AvgIpc) is 2.81. The fourth-order valence-corrected chi connectivity index (χ4v) is 4.65. The van der Waals surface area contributed by atoms with Gasteiger partial charge in [0.25, 0.3) is 0 Å². The van der Waals surface area contributed by atoms with Gasteiger partial charge in [0, 0.05) is 4.90 Å². The number of benzene rings is 2. The zero-order valence-electron chi connectivity index (χ0n) is 20.3. The van der Waals surface area contributed by atoms with E-state index in [4.69, 9.17) is 14.2 Å². The van der Waals surface area contributed by atoms with Crippen molar-refractivity contribution < 1.29 is 37.0 Å². The van der Waals surface area contributed by atoms with Gasteiger partial charge in [-0.05, 0) is 44.9 Å². The predicted molar refractivity (Wildman–Crippen MR) is 129 cm³/mol. The Morgan fingerprint density at radius 3 is 2.22 bits per heavy atom. The molecule has 6 nitrogen and oxygen atoms in total. The summed E-state index contributed by atoms with van der Waals surface area (Å²) in [6.45, 7) is 5.30. The topological polar surface area (TPSA) is 73.9 Å².